The molecule has 2 rings (SSSR count). The average molecular weight is 314 g/mol. The van der Waals surface area contributed by atoms with Crippen molar-refractivity contribution >= 4 is 36.4 Å². The third kappa shape index (κ3) is 6.12. The quantitative estimate of drug-likeness (QED) is 0.924. The van der Waals surface area contributed by atoms with Gasteiger partial charge in [-0.25, -0.2) is 0 Å². The number of rotatable bonds is 4. The van der Waals surface area contributed by atoms with Crippen LogP contribution in [-0.2, 0) is 0 Å². The molecular weight excluding hydrogens is 295 g/mol. The molecular formula is C12H19Cl3N2O. The van der Waals surface area contributed by atoms with E-state index in [2.05, 4.69) is 10.2 Å². The van der Waals surface area contributed by atoms with E-state index in [0.717, 1.165) is 50.1 Å². The van der Waals surface area contributed by atoms with Crippen molar-refractivity contribution in [2.24, 2.45) is 0 Å². The van der Waals surface area contributed by atoms with Crippen molar-refractivity contribution in [1.29, 1.82) is 0 Å². The van der Waals surface area contributed by atoms with E-state index in [1.54, 1.807) is 0 Å². The molecule has 0 aliphatic carbocycles. The van der Waals surface area contributed by atoms with E-state index in [1.165, 1.54) is 0 Å². The summed E-state index contributed by atoms with van der Waals surface area (Å²) in [4.78, 5) is 2.41. The van der Waals surface area contributed by atoms with Crippen LogP contribution in [0.4, 0.5) is 0 Å². The van der Waals surface area contributed by atoms with Crippen LogP contribution in [-0.4, -0.2) is 44.2 Å². The lowest BCUT2D eigenvalue weighted by molar-refractivity contribution is 0.191. The Labute approximate surface area is 126 Å². The summed E-state index contributed by atoms with van der Waals surface area (Å²) in [6.45, 7) is 6.13. The first-order valence-corrected chi connectivity index (χ1v) is 6.04. The van der Waals surface area contributed by atoms with Gasteiger partial charge in [-0.15, -0.1) is 24.8 Å². The van der Waals surface area contributed by atoms with Crippen LogP contribution in [0.5, 0.6) is 5.75 Å². The summed E-state index contributed by atoms with van der Waals surface area (Å²) >= 11 is 5.80. The van der Waals surface area contributed by atoms with Crippen molar-refractivity contribution < 1.29 is 4.74 Å². The molecule has 0 amide bonds. The molecule has 1 saturated heterocycles. The zero-order chi connectivity index (χ0) is 11.2. The highest BCUT2D eigenvalue weighted by molar-refractivity contribution is 6.30. The molecule has 0 spiro atoms. The lowest BCUT2D eigenvalue weighted by Gasteiger charge is -2.26. The molecule has 0 aromatic heterocycles. The monoisotopic (exact) mass is 312 g/mol. The predicted octanol–water partition coefficient (Wildman–Crippen LogP) is 2.47. The number of hydrogen-bond donors (Lipinski definition) is 1. The van der Waals surface area contributed by atoms with Gasteiger partial charge in [-0.3, -0.25) is 4.90 Å². The van der Waals surface area contributed by atoms with Gasteiger partial charge in [-0.2, -0.15) is 0 Å². The van der Waals surface area contributed by atoms with Crippen LogP contribution in [0, 0.1) is 0 Å². The number of ether oxygens (including phenoxy) is 1. The van der Waals surface area contributed by atoms with Gasteiger partial charge in [0.15, 0.2) is 0 Å². The Morgan fingerprint density at radius 3 is 2.33 bits per heavy atom. The van der Waals surface area contributed by atoms with Crippen LogP contribution < -0.4 is 10.1 Å². The Balaban J connectivity index is 0.00000144. The van der Waals surface area contributed by atoms with Gasteiger partial charge >= 0.3 is 0 Å². The van der Waals surface area contributed by atoms with Crippen molar-refractivity contribution in [2.75, 3.05) is 39.3 Å². The van der Waals surface area contributed by atoms with Gasteiger partial charge in [0.25, 0.3) is 0 Å². The van der Waals surface area contributed by atoms with E-state index in [4.69, 9.17) is 16.3 Å². The highest BCUT2D eigenvalue weighted by Crippen LogP contribution is 2.15. The van der Waals surface area contributed by atoms with Crippen molar-refractivity contribution in [1.82, 2.24) is 10.2 Å². The Morgan fingerprint density at radius 1 is 1.11 bits per heavy atom. The van der Waals surface area contributed by atoms with Gasteiger partial charge < -0.3 is 10.1 Å². The lowest BCUT2D eigenvalue weighted by Crippen LogP contribution is -2.44. The Bertz CT molecular complexity index is 316. The number of halogens is 3. The molecule has 3 nitrogen and oxygen atoms in total. The maximum absolute atomic E-state index is 5.80. The summed E-state index contributed by atoms with van der Waals surface area (Å²) in [5, 5.41) is 4.08. The van der Waals surface area contributed by atoms with Crippen molar-refractivity contribution in [3.05, 3.63) is 29.3 Å². The van der Waals surface area contributed by atoms with Crippen LogP contribution in [0.1, 0.15) is 0 Å². The van der Waals surface area contributed by atoms with Crippen LogP contribution in [0.3, 0.4) is 0 Å². The normalized spacial score (nSPS) is 15.4. The second-order valence-electron chi connectivity index (χ2n) is 3.89. The van der Waals surface area contributed by atoms with Crippen LogP contribution in [0.25, 0.3) is 0 Å². The second kappa shape index (κ2) is 9.70. The lowest BCUT2D eigenvalue weighted by atomic mass is 10.3. The Morgan fingerprint density at radius 2 is 1.72 bits per heavy atom. The fraction of sp³-hybridized carbons (Fsp3) is 0.500. The van der Waals surface area contributed by atoms with E-state index in [1.807, 2.05) is 24.3 Å². The average Bonchev–Trinajstić information content (AvgIpc) is 2.33. The number of nitrogens with zero attached hydrogens (tertiary/aromatic N) is 1. The summed E-state index contributed by atoms with van der Waals surface area (Å²) in [6.07, 6.45) is 0. The third-order valence-electron chi connectivity index (χ3n) is 2.70. The topological polar surface area (TPSA) is 24.5 Å². The first kappa shape index (κ1) is 17.8. The molecule has 0 atom stereocenters. The molecule has 1 fully saturated rings. The highest BCUT2D eigenvalue weighted by Gasteiger charge is 2.08. The summed E-state index contributed by atoms with van der Waals surface area (Å²) < 4.78 is 5.64. The maximum Gasteiger partial charge on any atom is 0.119 e. The Hall–Kier alpha value is -0.190. The fourth-order valence-corrected chi connectivity index (χ4v) is 1.88. The van der Waals surface area contributed by atoms with Crippen molar-refractivity contribution in [2.45, 2.75) is 0 Å². The Kier molecular flexibility index (Phi) is 9.60. The molecule has 6 heteroatoms. The van der Waals surface area contributed by atoms with E-state index in [-0.39, 0.29) is 24.8 Å². The van der Waals surface area contributed by atoms with Gasteiger partial charge in [0.1, 0.15) is 12.4 Å². The number of nitrogens with one attached hydrogen (secondary N) is 1. The molecule has 18 heavy (non-hydrogen) atoms. The van der Waals surface area contributed by atoms with Crippen molar-refractivity contribution in [3.63, 3.8) is 0 Å². The molecule has 0 saturated carbocycles. The summed E-state index contributed by atoms with van der Waals surface area (Å²) in [6, 6.07) is 7.50. The molecule has 0 bridgehead atoms. The van der Waals surface area contributed by atoms with Crippen LogP contribution >= 0.6 is 36.4 Å². The molecule has 1 aromatic rings. The van der Waals surface area contributed by atoms with Gasteiger partial charge in [0.05, 0.1) is 0 Å². The first-order chi connectivity index (χ1) is 7.84. The maximum atomic E-state index is 5.80. The van der Waals surface area contributed by atoms with Gasteiger partial charge in [-0.05, 0) is 24.3 Å². The molecule has 0 radical (unpaired) electrons. The number of benzene rings is 1. The van der Waals surface area contributed by atoms with Crippen molar-refractivity contribution in [3.8, 4) is 5.75 Å². The van der Waals surface area contributed by atoms with E-state index in [9.17, 15) is 0 Å². The zero-order valence-electron chi connectivity index (χ0n) is 10.1. The molecule has 1 aromatic carbocycles. The molecule has 1 aliphatic rings. The molecule has 1 heterocycles. The minimum Gasteiger partial charge on any atom is -0.492 e. The second-order valence-corrected chi connectivity index (χ2v) is 4.33. The van der Waals surface area contributed by atoms with Gasteiger partial charge in [0, 0.05) is 37.7 Å². The molecule has 104 valence electrons. The largest absolute Gasteiger partial charge is 0.492 e. The smallest absolute Gasteiger partial charge is 0.119 e. The molecule has 1 aliphatic heterocycles. The minimum atomic E-state index is 0. The predicted molar refractivity (Wildman–Crippen MR) is 80.8 cm³/mol. The molecule has 1 N–H and O–H groups in total. The van der Waals surface area contributed by atoms with Gasteiger partial charge in [-0.1, -0.05) is 11.6 Å². The van der Waals surface area contributed by atoms with Crippen LogP contribution in [0.2, 0.25) is 5.02 Å². The third-order valence-corrected chi connectivity index (χ3v) is 2.95. The van der Waals surface area contributed by atoms with Crippen LogP contribution in [0.15, 0.2) is 24.3 Å². The minimum absolute atomic E-state index is 0. The fourth-order valence-electron chi connectivity index (χ4n) is 1.76. The van der Waals surface area contributed by atoms with E-state index in [0.29, 0.717) is 0 Å². The zero-order valence-corrected chi connectivity index (χ0v) is 12.5. The summed E-state index contributed by atoms with van der Waals surface area (Å²) in [7, 11) is 0. The standard InChI is InChI=1S/C12H17ClN2O.2ClH/c13-11-1-3-12(4-2-11)16-10-9-15-7-5-14-6-8-15;;/h1-4,14H,5-10H2;2*1H. The number of hydrogen-bond acceptors (Lipinski definition) is 3. The first-order valence-electron chi connectivity index (χ1n) is 5.66. The molecule has 0 unspecified atom stereocenters. The summed E-state index contributed by atoms with van der Waals surface area (Å²) in [5.74, 6) is 0.888. The summed E-state index contributed by atoms with van der Waals surface area (Å²) in [5.41, 5.74) is 0. The van der Waals surface area contributed by atoms with E-state index < -0.39 is 0 Å². The van der Waals surface area contributed by atoms with Gasteiger partial charge in [0.2, 0.25) is 0 Å². The SMILES string of the molecule is Cl.Cl.Clc1ccc(OCCN2CCNCC2)cc1. The van der Waals surface area contributed by atoms with E-state index >= 15 is 0 Å². The highest BCUT2D eigenvalue weighted by atomic mass is 35.5. The number of piperazine rings is 1.